The molecule has 0 aliphatic carbocycles. The summed E-state index contributed by atoms with van der Waals surface area (Å²) >= 11 is 0. The molecule has 1 fully saturated rings. The van der Waals surface area contributed by atoms with Crippen LogP contribution in [-0.4, -0.2) is 56.9 Å². The zero-order valence-electron chi connectivity index (χ0n) is 14.8. The number of rotatable bonds is 4. The van der Waals surface area contributed by atoms with Gasteiger partial charge >= 0.3 is 0 Å². The fraction of sp³-hybridized carbons (Fsp3) is 0.250. The standard InChI is InChI=1S/C20H20FN5O/c21-17-7-4-8-18(13-17)26-15-19(22-23-26)20(27)25-11-9-24(10-12-25)14-16-5-2-1-3-6-16/h1-8,13,15H,9-12,14H2. The average Bonchev–Trinajstić information content (AvgIpc) is 3.19. The van der Waals surface area contributed by atoms with Gasteiger partial charge in [-0.3, -0.25) is 9.69 Å². The van der Waals surface area contributed by atoms with E-state index in [-0.39, 0.29) is 17.4 Å². The highest BCUT2D eigenvalue weighted by atomic mass is 19.1. The second-order valence-corrected chi connectivity index (χ2v) is 6.58. The number of benzene rings is 2. The van der Waals surface area contributed by atoms with Crippen molar-refractivity contribution in [3.63, 3.8) is 0 Å². The molecule has 0 bridgehead atoms. The number of aromatic nitrogens is 3. The first-order valence-electron chi connectivity index (χ1n) is 8.93. The minimum absolute atomic E-state index is 0.142. The lowest BCUT2D eigenvalue weighted by Gasteiger charge is -2.34. The third kappa shape index (κ3) is 4.03. The molecule has 6 nitrogen and oxygen atoms in total. The van der Waals surface area contributed by atoms with Crippen LogP contribution in [-0.2, 0) is 6.54 Å². The van der Waals surface area contributed by atoms with E-state index < -0.39 is 0 Å². The molecule has 0 saturated carbocycles. The minimum Gasteiger partial charge on any atom is -0.335 e. The van der Waals surface area contributed by atoms with Crippen LogP contribution in [0.4, 0.5) is 4.39 Å². The van der Waals surface area contributed by atoms with Crippen LogP contribution < -0.4 is 0 Å². The molecule has 1 saturated heterocycles. The van der Waals surface area contributed by atoms with Gasteiger partial charge in [-0.15, -0.1) is 5.10 Å². The SMILES string of the molecule is O=C(c1cn(-c2cccc(F)c2)nn1)N1CCN(Cc2ccccc2)CC1. The van der Waals surface area contributed by atoms with Gasteiger partial charge in [0, 0.05) is 32.7 Å². The predicted molar refractivity (Wildman–Crippen MR) is 98.9 cm³/mol. The second-order valence-electron chi connectivity index (χ2n) is 6.58. The van der Waals surface area contributed by atoms with Gasteiger partial charge < -0.3 is 4.90 Å². The predicted octanol–water partition coefficient (Wildman–Crippen LogP) is 2.36. The highest BCUT2D eigenvalue weighted by molar-refractivity contribution is 5.92. The lowest BCUT2D eigenvalue weighted by atomic mass is 10.2. The lowest BCUT2D eigenvalue weighted by molar-refractivity contribution is 0.0622. The normalized spacial score (nSPS) is 15.1. The van der Waals surface area contributed by atoms with Crippen molar-refractivity contribution in [2.24, 2.45) is 0 Å². The zero-order chi connectivity index (χ0) is 18.6. The molecule has 0 atom stereocenters. The monoisotopic (exact) mass is 365 g/mol. The Morgan fingerprint density at radius 2 is 1.78 bits per heavy atom. The minimum atomic E-state index is -0.356. The third-order valence-corrected chi connectivity index (χ3v) is 4.69. The van der Waals surface area contributed by atoms with Crippen molar-refractivity contribution in [2.75, 3.05) is 26.2 Å². The van der Waals surface area contributed by atoms with E-state index in [1.807, 2.05) is 18.2 Å². The second kappa shape index (κ2) is 7.67. The van der Waals surface area contributed by atoms with Crippen LogP contribution in [0.25, 0.3) is 5.69 Å². The van der Waals surface area contributed by atoms with Gasteiger partial charge in [-0.1, -0.05) is 41.6 Å². The Bertz CT molecular complexity index is 919. The number of nitrogens with zero attached hydrogens (tertiary/aromatic N) is 5. The van der Waals surface area contributed by atoms with Crippen LogP contribution in [0.5, 0.6) is 0 Å². The van der Waals surface area contributed by atoms with Crippen molar-refractivity contribution in [2.45, 2.75) is 6.54 Å². The molecular weight excluding hydrogens is 345 g/mol. The number of piperazine rings is 1. The van der Waals surface area contributed by atoms with Crippen molar-refractivity contribution in [3.05, 3.63) is 77.9 Å². The summed E-state index contributed by atoms with van der Waals surface area (Å²) in [7, 11) is 0. The number of hydrogen-bond acceptors (Lipinski definition) is 4. The van der Waals surface area contributed by atoms with E-state index in [4.69, 9.17) is 0 Å². The Kier molecular flexibility index (Phi) is 4.93. The van der Waals surface area contributed by atoms with Crippen molar-refractivity contribution in [3.8, 4) is 5.69 Å². The van der Waals surface area contributed by atoms with Crippen LogP contribution in [0.2, 0.25) is 0 Å². The van der Waals surface area contributed by atoms with E-state index in [0.29, 0.717) is 18.8 Å². The molecule has 1 aliphatic heterocycles. The summed E-state index contributed by atoms with van der Waals surface area (Å²) in [5.41, 5.74) is 2.08. The Morgan fingerprint density at radius 3 is 2.52 bits per heavy atom. The first-order valence-corrected chi connectivity index (χ1v) is 8.93. The molecule has 1 amide bonds. The van der Waals surface area contributed by atoms with Crippen LogP contribution in [0, 0.1) is 5.82 Å². The maximum Gasteiger partial charge on any atom is 0.276 e. The number of carbonyl (C=O) groups is 1. The van der Waals surface area contributed by atoms with Crippen LogP contribution >= 0.6 is 0 Å². The molecule has 0 spiro atoms. The number of carbonyl (C=O) groups excluding carboxylic acids is 1. The molecule has 2 heterocycles. The van der Waals surface area contributed by atoms with Crippen LogP contribution in [0.1, 0.15) is 16.1 Å². The molecule has 1 aromatic heterocycles. The molecule has 3 aromatic rings. The van der Waals surface area contributed by atoms with E-state index in [9.17, 15) is 9.18 Å². The number of halogens is 1. The fourth-order valence-electron chi connectivity index (χ4n) is 3.22. The summed E-state index contributed by atoms with van der Waals surface area (Å²) in [5, 5.41) is 7.93. The molecule has 138 valence electrons. The van der Waals surface area contributed by atoms with Gasteiger partial charge in [-0.25, -0.2) is 9.07 Å². The number of hydrogen-bond donors (Lipinski definition) is 0. The van der Waals surface area contributed by atoms with Crippen LogP contribution in [0.3, 0.4) is 0 Å². The van der Waals surface area contributed by atoms with Gasteiger partial charge in [0.1, 0.15) is 5.82 Å². The maximum atomic E-state index is 13.4. The lowest BCUT2D eigenvalue weighted by Crippen LogP contribution is -2.48. The van der Waals surface area contributed by atoms with Gasteiger partial charge in [0.15, 0.2) is 5.69 Å². The maximum absolute atomic E-state index is 13.4. The molecule has 7 heteroatoms. The average molecular weight is 365 g/mol. The molecule has 0 N–H and O–H groups in total. The Morgan fingerprint density at radius 1 is 1.00 bits per heavy atom. The molecule has 4 rings (SSSR count). The quantitative estimate of drug-likeness (QED) is 0.712. The smallest absolute Gasteiger partial charge is 0.276 e. The zero-order valence-corrected chi connectivity index (χ0v) is 14.8. The van der Waals surface area contributed by atoms with E-state index >= 15 is 0 Å². The molecule has 2 aromatic carbocycles. The van der Waals surface area contributed by atoms with Crippen molar-refractivity contribution < 1.29 is 9.18 Å². The third-order valence-electron chi connectivity index (χ3n) is 4.69. The van der Waals surface area contributed by atoms with Crippen molar-refractivity contribution in [1.29, 1.82) is 0 Å². The van der Waals surface area contributed by atoms with E-state index in [1.165, 1.54) is 22.4 Å². The van der Waals surface area contributed by atoms with E-state index in [0.717, 1.165) is 19.6 Å². The first kappa shape index (κ1) is 17.4. The van der Waals surface area contributed by atoms with Gasteiger partial charge in [0.25, 0.3) is 5.91 Å². The van der Waals surface area contributed by atoms with Crippen molar-refractivity contribution >= 4 is 5.91 Å². The summed E-state index contributed by atoms with van der Waals surface area (Å²) in [6.45, 7) is 3.83. The highest BCUT2D eigenvalue weighted by Gasteiger charge is 2.24. The first-order chi connectivity index (χ1) is 13.2. The van der Waals surface area contributed by atoms with Gasteiger partial charge in [0.2, 0.25) is 0 Å². The summed E-state index contributed by atoms with van der Waals surface area (Å²) in [6.07, 6.45) is 1.55. The molecular formula is C20H20FN5O. The van der Waals surface area contributed by atoms with Crippen LogP contribution in [0.15, 0.2) is 60.8 Å². The Balaban J connectivity index is 1.37. The van der Waals surface area contributed by atoms with E-state index in [1.54, 1.807) is 23.2 Å². The number of amides is 1. The highest BCUT2D eigenvalue weighted by Crippen LogP contribution is 2.13. The Hall–Kier alpha value is -3.06. The molecule has 0 radical (unpaired) electrons. The van der Waals surface area contributed by atoms with Gasteiger partial charge in [-0.2, -0.15) is 0 Å². The van der Waals surface area contributed by atoms with Gasteiger partial charge in [-0.05, 0) is 23.8 Å². The summed E-state index contributed by atoms with van der Waals surface area (Å²) in [6, 6.07) is 16.3. The Labute approximate surface area is 156 Å². The summed E-state index contributed by atoms with van der Waals surface area (Å²) < 4.78 is 14.8. The van der Waals surface area contributed by atoms with E-state index in [2.05, 4.69) is 27.3 Å². The van der Waals surface area contributed by atoms with Crippen molar-refractivity contribution in [1.82, 2.24) is 24.8 Å². The molecule has 1 aliphatic rings. The fourth-order valence-corrected chi connectivity index (χ4v) is 3.22. The largest absolute Gasteiger partial charge is 0.335 e. The summed E-state index contributed by atoms with van der Waals surface area (Å²) in [4.78, 5) is 16.8. The topological polar surface area (TPSA) is 54.3 Å². The molecule has 0 unspecified atom stereocenters. The molecule has 27 heavy (non-hydrogen) atoms. The van der Waals surface area contributed by atoms with Gasteiger partial charge in [0.05, 0.1) is 11.9 Å². The summed E-state index contributed by atoms with van der Waals surface area (Å²) in [5.74, 6) is -0.498.